The zero-order valence-electron chi connectivity index (χ0n) is 40.3. The maximum Gasteiger partial charge on any atom is 0.0465 e. The number of allylic oxidation sites excluding steroid dienone is 4. The number of hydrogen-bond acceptors (Lipinski definition) is 1. The number of hydrogen-bond donors (Lipinski definition) is 0. The predicted octanol–water partition coefficient (Wildman–Crippen LogP) is 17.9. The van der Waals surface area contributed by atoms with Crippen LogP contribution in [-0.2, 0) is 10.8 Å². The summed E-state index contributed by atoms with van der Waals surface area (Å²) in [5.74, 6) is 0. The summed E-state index contributed by atoms with van der Waals surface area (Å²) in [4.78, 5) is 2.41. The minimum atomic E-state index is -0.123. The Morgan fingerprint density at radius 3 is 1.44 bits per heavy atom. The molecule has 0 bridgehead atoms. The van der Waals surface area contributed by atoms with Crippen LogP contribution in [0.5, 0.6) is 0 Å². The highest BCUT2D eigenvalue weighted by Gasteiger charge is 2.46. The van der Waals surface area contributed by atoms with Gasteiger partial charge in [-0.05, 0) is 175 Å². The summed E-state index contributed by atoms with van der Waals surface area (Å²) in [7, 11) is 0. The number of anilines is 3. The standard InChI is InChI=1S/C40H39N.C16H20.2C2H6/c1-24-9-13-28(14-10-24)41(29-15-12-26(3)27(4)22-29)30-16-18-32-34-20-19-33-31-17-11-25(2)21-35(31)39(5,6)37(33)38(34)40(7,8)36(32)23-30;1-6-12(2)13(3)7-9-16-10-8-14(4)15(5)11-16;2*1-2/h9-23H,1-8H3;6-11H,1H2,2-5H3;2*1-2H3/b;9-7-,13-12-;;. The van der Waals surface area contributed by atoms with Crippen LogP contribution in [0, 0.1) is 41.5 Å². The van der Waals surface area contributed by atoms with Gasteiger partial charge < -0.3 is 4.90 Å². The Morgan fingerprint density at radius 1 is 0.459 bits per heavy atom. The quantitative estimate of drug-likeness (QED) is 0.152. The fourth-order valence-corrected chi connectivity index (χ4v) is 8.84. The van der Waals surface area contributed by atoms with E-state index in [1.807, 2.05) is 33.8 Å². The average molecular weight is 806 g/mol. The Morgan fingerprint density at radius 2 is 0.902 bits per heavy atom. The Bertz CT molecular complexity index is 2600. The number of benzene rings is 6. The molecule has 0 atom stereocenters. The molecule has 0 N–H and O–H groups in total. The van der Waals surface area contributed by atoms with Gasteiger partial charge in [-0.2, -0.15) is 0 Å². The summed E-state index contributed by atoms with van der Waals surface area (Å²) in [6.45, 7) is 38.7. The van der Waals surface area contributed by atoms with E-state index in [0.717, 1.165) is 0 Å². The van der Waals surface area contributed by atoms with Crippen LogP contribution < -0.4 is 4.90 Å². The van der Waals surface area contributed by atoms with Crippen LogP contribution in [0.25, 0.3) is 28.3 Å². The van der Waals surface area contributed by atoms with Crippen molar-refractivity contribution in [3.63, 3.8) is 0 Å². The molecule has 0 aromatic heterocycles. The summed E-state index contributed by atoms with van der Waals surface area (Å²) in [6, 6.07) is 41.1. The summed E-state index contributed by atoms with van der Waals surface area (Å²) in [5, 5.41) is 0. The lowest BCUT2D eigenvalue weighted by molar-refractivity contribution is 0.601. The maximum atomic E-state index is 3.77. The van der Waals surface area contributed by atoms with Crippen molar-refractivity contribution in [2.45, 2.75) is 122 Å². The van der Waals surface area contributed by atoms with Crippen molar-refractivity contribution in [1.82, 2.24) is 0 Å². The van der Waals surface area contributed by atoms with E-state index in [1.54, 1.807) is 0 Å². The highest BCUT2D eigenvalue weighted by atomic mass is 15.1. The van der Waals surface area contributed by atoms with Crippen LogP contribution in [0.4, 0.5) is 17.1 Å². The normalized spacial score (nSPS) is 13.8. The SMILES string of the molecule is C=C/C(C)=C(C)\C=C/c1ccc(C)c(C)c1.CC.CC.Cc1ccc(N(c2ccc(C)c(C)c2)c2ccc3c(c2)C(C)(C)c2c-3ccc3c2C(C)(C)c2cc(C)ccc2-3)cc1. The first-order valence-corrected chi connectivity index (χ1v) is 22.5. The number of nitrogens with zero attached hydrogens (tertiary/aromatic N) is 1. The molecular weight excluding hydrogens is 735 g/mol. The molecule has 0 radical (unpaired) electrons. The number of aryl methyl sites for hydroxylation is 6. The van der Waals surface area contributed by atoms with Gasteiger partial charge in [-0.15, -0.1) is 0 Å². The molecule has 0 saturated carbocycles. The van der Waals surface area contributed by atoms with E-state index in [-0.39, 0.29) is 10.8 Å². The van der Waals surface area contributed by atoms with Gasteiger partial charge in [-0.1, -0.05) is 164 Å². The van der Waals surface area contributed by atoms with Gasteiger partial charge in [-0.3, -0.25) is 0 Å². The number of fused-ring (bicyclic) bond motifs is 7. The van der Waals surface area contributed by atoms with E-state index >= 15 is 0 Å². The lowest BCUT2D eigenvalue weighted by atomic mass is 9.72. The molecule has 6 aromatic rings. The van der Waals surface area contributed by atoms with Gasteiger partial charge in [0.15, 0.2) is 0 Å². The third-order valence-electron chi connectivity index (χ3n) is 12.8. The highest BCUT2D eigenvalue weighted by molar-refractivity contribution is 5.92. The van der Waals surface area contributed by atoms with E-state index in [9.17, 15) is 0 Å². The van der Waals surface area contributed by atoms with Crippen LogP contribution in [0.2, 0.25) is 0 Å². The minimum absolute atomic E-state index is 0.0441. The van der Waals surface area contributed by atoms with Crippen molar-refractivity contribution >= 4 is 23.1 Å². The molecule has 2 aliphatic rings. The van der Waals surface area contributed by atoms with Crippen molar-refractivity contribution < 1.29 is 0 Å². The average Bonchev–Trinajstić information content (AvgIpc) is 3.62. The third kappa shape index (κ3) is 9.04. The molecule has 61 heavy (non-hydrogen) atoms. The van der Waals surface area contributed by atoms with Crippen LogP contribution in [0.3, 0.4) is 0 Å². The Labute approximate surface area is 370 Å². The molecule has 0 heterocycles. The van der Waals surface area contributed by atoms with Crippen molar-refractivity contribution in [2.75, 3.05) is 4.90 Å². The Hall–Kier alpha value is -5.66. The molecule has 0 fully saturated rings. The summed E-state index contributed by atoms with van der Waals surface area (Å²) in [5.41, 5.74) is 26.4. The number of rotatable bonds is 6. The second kappa shape index (κ2) is 18.9. The largest absolute Gasteiger partial charge is 0.310 e. The van der Waals surface area contributed by atoms with Crippen LogP contribution in [0.1, 0.15) is 130 Å². The first-order valence-electron chi connectivity index (χ1n) is 22.5. The second-order valence-corrected chi connectivity index (χ2v) is 17.6. The minimum Gasteiger partial charge on any atom is -0.310 e. The van der Waals surface area contributed by atoms with E-state index in [2.05, 4.69) is 216 Å². The molecule has 0 spiro atoms. The van der Waals surface area contributed by atoms with Crippen molar-refractivity contribution in [3.05, 3.63) is 200 Å². The molecule has 1 heteroatoms. The monoisotopic (exact) mass is 806 g/mol. The summed E-state index contributed by atoms with van der Waals surface area (Å²) in [6.07, 6.45) is 6.18. The zero-order chi connectivity index (χ0) is 45.0. The first kappa shape index (κ1) is 46.4. The highest BCUT2D eigenvalue weighted by Crippen LogP contribution is 2.59. The molecule has 0 saturated heterocycles. The van der Waals surface area contributed by atoms with Crippen LogP contribution in [-0.4, -0.2) is 0 Å². The van der Waals surface area contributed by atoms with Crippen molar-refractivity contribution in [1.29, 1.82) is 0 Å². The lowest BCUT2D eigenvalue weighted by Gasteiger charge is -2.31. The fraction of sp³-hybridized carbons (Fsp3) is 0.300. The molecule has 8 rings (SSSR count). The fourth-order valence-electron chi connectivity index (χ4n) is 8.84. The van der Waals surface area contributed by atoms with Gasteiger partial charge in [0.1, 0.15) is 0 Å². The predicted molar refractivity (Wildman–Crippen MR) is 271 cm³/mol. The summed E-state index contributed by atoms with van der Waals surface area (Å²) < 4.78 is 0. The topological polar surface area (TPSA) is 3.24 Å². The summed E-state index contributed by atoms with van der Waals surface area (Å²) >= 11 is 0. The van der Waals surface area contributed by atoms with E-state index < -0.39 is 0 Å². The van der Waals surface area contributed by atoms with Gasteiger partial charge in [0, 0.05) is 27.9 Å². The van der Waals surface area contributed by atoms with Gasteiger partial charge in [0.2, 0.25) is 0 Å². The zero-order valence-corrected chi connectivity index (χ0v) is 40.3. The van der Waals surface area contributed by atoms with Crippen LogP contribution >= 0.6 is 0 Å². The van der Waals surface area contributed by atoms with Gasteiger partial charge in [-0.25, -0.2) is 0 Å². The molecule has 6 aromatic carbocycles. The molecule has 1 nitrogen and oxygen atoms in total. The maximum absolute atomic E-state index is 3.77. The van der Waals surface area contributed by atoms with Gasteiger partial charge in [0.05, 0.1) is 0 Å². The molecule has 0 aliphatic heterocycles. The first-order chi connectivity index (χ1) is 29.0. The third-order valence-corrected chi connectivity index (χ3v) is 12.8. The van der Waals surface area contributed by atoms with Gasteiger partial charge >= 0.3 is 0 Å². The van der Waals surface area contributed by atoms with Crippen molar-refractivity contribution in [3.8, 4) is 22.3 Å². The lowest BCUT2D eigenvalue weighted by Crippen LogP contribution is -2.24. The Balaban J connectivity index is 0.000000297. The second-order valence-electron chi connectivity index (χ2n) is 17.6. The molecule has 0 unspecified atom stereocenters. The smallest absolute Gasteiger partial charge is 0.0465 e. The molecular formula is C60H71N. The molecule has 316 valence electrons. The van der Waals surface area contributed by atoms with Crippen molar-refractivity contribution in [2.24, 2.45) is 0 Å². The molecule has 0 amide bonds. The van der Waals surface area contributed by atoms with E-state index in [0.29, 0.717) is 0 Å². The molecule has 2 aliphatic carbocycles. The van der Waals surface area contributed by atoms with Gasteiger partial charge in [0.25, 0.3) is 0 Å². The Kier molecular flexibility index (Phi) is 14.4. The van der Waals surface area contributed by atoms with E-state index in [1.165, 1.54) is 112 Å². The van der Waals surface area contributed by atoms with Crippen LogP contribution in [0.15, 0.2) is 139 Å². The van der Waals surface area contributed by atoms with E-state index in [4.69, 9.17) is 0 Å².